The topological polar surface area (TPSA) is 68.0 Å². The van der Waals surface area contributed by atoms with Crippen molar-refractivity contribution in [3.63, 3.8) is 0 Å². The van der Waals surface area contributed by atoms with Crippen LogP contribution in [-0.2, 0) is 0 Å². The predicted molar refractivity (Wildman–Crippen MR) is 105 cm³/mol. The van der Waals surface area contributed by atoms with Gasteiger partial charge in [-0.25, -0.2) is 9.40 Å². The number of halogens is 1. The molecular formula is C22H16FN3O3. The third kappa shape index (κ3) is 3.00. The Bertz CT molecular complexity index is 1120. The molecule has 0 N–H and O–H groups in total. The molecule has 3 aromatic rings. The number of hydrogen-bond donors (Lipinski definition) is 0. The molecule has 2 heterocycles. The SMILES string of the molecule is O=[N+]([O-])c1ccc2c(c1)C1CC(c3ccccc3)=NN1C(c1ccc(F)cc1)O2. The van der Waals surface area contributed by atoms with E-state index in [4.69, 9.17) is 9.84 Å². The maximum absolute atomic E-state index is 13.4. The van der Waals surface area contributed by atoms with Crippen molar-refractivity contribution in [2.24, 2.45) is 5.10 Å². The van der Waals surface area contributed by atoms with Gasteiger partial charge < -0.3 is 4.74 Å². The minimum absolute atomic E-state index is 0.0145. The molecule has 2 aliphatic rings. The number of hydrogen-bond acceptors (Lipinski definition) is 5. The molecule has 0 aromatic heterocycles. The zero-order valence-corrected chi connectivity index (χ0v) is 15.2. The van der Waals surface area contributed by atoms with Crippen LogP contribution in [0.1, 0.15) is 35.4 Å². The van der Waals surface area contributed by atoms with Gasteiger partial charge in [-0.15, -0.1) is 0 Å². The molecule has 7 heteroatoms. The van der Waals surface area contributed by atoms with Crippen molar-refractivity contribution < 1.29 is 14.1 Å². The van der Waals surface area contributed by atoms with Gasteiger partial charge in [0.1, 0.15) is 11.6 Å². The van der Waals surface area contributed by atoms with E-state index in [1.807, 2.05) is 35.3 Å². The van der Waals surface area contributed by atoms with Crippen LogP contribution in [0.4, 0.5) is 10.1 Å². The Kier molecular flexibility index (Phi) is 4.01. The first kappa shape index (κ1) is 17.4. The lowest BCUT2D eigenvalue weighted by molar-refractivity contribution is -0.385. The molecule has 5 rings (SSSR count). The first-order chi connectivity index (χ1) is 14.1. The fourth-order valence-electron chi connectivity index (χ4n) is 3.84. The second-order valence-electron chi connectivity index (χ2n) is 7.01. The molecule has 0 spiro atoms. The number of hydrazone groups is 1. The normalized spacial score (nSPS) is 19.8. The fraction of sp³-hybridized carbons (Fsp3) is 0.136. The van der Waals surface area contributed by atoms with Crippen molar-refractivity contribution in [1.82, 2.24) is 5.01 Å². The second-order valence-corrected chi connectivity index (χ2v) is 7.01. The summed E-state index contributed by atoms with van der Waals surface area (Å²) in [5.74, 6) is 0.253. The van der Waals surface area contributed by atoms with Crippen LogP contribution < -0.4 is 4.74 Å². The van der Waals surface area contributed by atoms with Crippen molar-refractivity contribution in [3.8, 4) is 5.75 Å². The lowest BCUT2D eigenvalue weighted by Crippen LogP contribution is -2.33. The predicted octanol–water partition coefficient (Wildman–Crippen LogP) is 4.98. The fourth-order valence-corrected chi connectivity index (χ4v) is 3.84. The van der Waals surface area contributed by atoms with E-state index in [0.717, 1.165) is 22.4 Å². The highest BCUT2D eigenvalue weighted by atomic mass is 19.1. The summed E-state index contributed by atoms with van der Waals surface area (Å²) < 4.78 is 19.6. The molecule has 0 saturated carbocycles. The molecule has 0 bridgehead atoms. The molecule has 144 valence electrons. The number of non-ortho nitro benzene ring substituents is 1. The van der Waals surface area contributed by atoms with E-state index in [1.165, 1.54) is 18.2 Å². The van der Waals surface area contributed by atoms with E-state index >= 15 is 0 Å². The molecule has 0 saturated heterocycles. The van der Waals surface area contributed by atoms with Crippen LogP contribution in [0.2, 0.25) is 0 Å². The summed E-state index contributed by atoms with van der Waals surface area (Å²) in [7, 11) is 0. The lowest BCUT2D eigenvalue weighted by Gasteiger charge is -2.38. The van der Waals surface area contributed by atoms with E-state index in [-0.39, 0.29) is 17.5 Å². The van der Waals surface area contributed by atoms with Crippen molar-refractivity contribution in [2.75, 3.05) is 0 Å². The molecule has 29 heavy (non-hydrogen) atoms. The van der Waals surface area contributed by atoms with Crippen LogP contribution in [0.5, 0.6) is 5.75 Å². The summed E-state index contributed by atoms with van der Waals surface area (Å²) in [6.07, 6.45) is 0.0509. The van der Waals surface area contributed by atoms with E-state index < -0.39 is 11.2 Å². The van der Waals surface area contributed by atoms with E-state index in [0.29, 0.717) is 12.2 Å². The Labute approximate surface area is 166 Å². The molecule has 2 atom stereocenters. The third-order valence-corrected chi connectivity index (χ3v) is 5.25. The summed E-state index contributed by atoms with van der Waals surface area (Å²) in [6.45, 7) is 0. The first-order valence-electron chi connectivity index (χ1n) is 9.22. The minimum Gasteiger partial charge on any atom is -0.464 e. The molecule has 2 aliphatic heterocycles. The van der Waals surface area contributed by atoms with E-state index in [1.54, 1.807) is 24.3 Å². The molecule has 0 amide bonds. The smallest absolute Gasteiger partial charge is 0.270 e. The molecular weight excluding hydrogens is 373 g/mol. The average molecular weight is 389 g/mol. The van der Waals surface area contributed by atoms with Crippen LogP contribution in [0.25, 0.3) is 0 Å². The summed E-state index contributed by atoms with van der Waals surface area (Å²) in [5.41, 5.74) is 3.38. The van der Waals surface area contributed by atoms with Crippen LogP contribution in [0, 0.1) is 15.9 Å². The van der Waals surface area contributed by atoms with Gasteiger partial charge in [-0.3, -0.25) is 10.1 Å². The number of fused-ring (bicyclic) bond motifs is 3. The molecule has 0 radical (unpaired) electrons. The van der Waals surface area contributed by atoms with Gasteiger partial charge >= 0.3 is 0 Å². The summed E-state index contributed by atoms with van der Waals surface area (Å²) >= 11 is 0. The number of nitrogens with zero attached hydrogens (tertiary/aromatic N) is 3. The van der Waals surface area contributed by atoms with Gasteiger partial charge in [-0.2, -0.15) is 5.10 Å². The molecule has 3 aromatic carbocycles. The van der Waals surface area contributed by atoms with Gasteiger partial charge in [0.05, 0.1) is 16.7 Å². The van der Waals surface area contributed by atoms with Gasteiger partial charge in [-0.1, -0.05) is 42.5 Å². The summed E-state index contributed by atoms with van der Waals surface area (Å²) in [4.78, 5) is 10.9. The van der Waals surface area contributed by atoms with Crippen molar-refractivity contribution in [3.05, 3.63) is 105 Å². The number of ether oxygens (including phenoxy) is 1. The van der Waals surface area contributed by atoms with E-state index in [2.05, 4.69) is 0 Å². The zero-order chi connectivity index (χ0) is 20.0. The third-order valence-electron chi connectivity index (χ3n) is 5.25. The van der Waals surface area contributed by atoms with Crippen molar-refractivity contribution in [1.29, 1.82) is 0 Å². The Hall–Kier alpha value is -3.74. The Morgan fingerprint density at radius 1 is 1.07 bits per heavy atom. The largest absolute Gasteiger partial charge is 0.464 e. The summed E-state index contributed by atoms with van der Waals surface area (Å²) in [5, 5.41) is 17.9. The highest BCUT2D eigenvalue weighted by molar-refractivity contribution is 6.01. The van der Waals surface area contributed by atoms with Crippen molar-refractivity contribution in [2.45, 2.75) is 18.7 Å². The number of nitro groups is 1. The maximum Gasteiger partial charge on any atom is 0.270 e. The van der Waals surface area contributed by atoms with Crippen LogP contribution >= 0.6 is 0 Å². The highest BCUT2D eigenvalue weighted by Gasteiger charge is 2.41. The van der Waals surface area contributed by atoms with Gasteiger partial charge in [0.15, 0.2) is 0 Å². The zero-order valence-electron chi connectivity index (χ0n) is 15.2. The second kappa shape index (κ2) is 6.70. The standard InChI is InChI=1S/C22H16FN3O3/c23-16-8-6-15(7-9-16)22-25-20(13-19(24-25)14-4-2-1-3-5-14)18-12-17(26(27)28)10-11-21(18)29-22/h1-12,20,22H,13H2. The molecule has 6 nitrogen and oxygen atoms in total. The summed E-state index contributed by atoms with van der Waals surface area (Å²) in [6, 6.07) is 20.3. The molecule has 0 fully saturated rings. The number of rotatable bonds is 3. The van der Waals surface area contributed by atoms with Crippen molar-refractivity contribution >= 4 is 11.4 Å². The Balaban J connectivity index is 1.61. The Morgan fingerprint density at radius 2 is 1.83 bits per heavy atom. The van der Waals surface area contributed by atoms with Crippen LogP contribution in [0.3, 0.4) is 0 Å². The Morgan fingerprint density at radius 3 is 2.55 bits per heavy atom. The number of benzene rings is 3. The van der Waals surface area contributed by atoms with E-state index in [9.17, 15) is 14.5 Å². The highest BCUT2D eigenvalue weighted by Crippen LogP contribution is 2.48. The lowest BCUT2D eigenvalue weighted by atomic mass is 9.95. The monoisotopic (exact) mass is 389 g/mol. The van der Waals surface area contributed by atoms with Gasteiger partial charge in [0.2, 0.25) is 6.23 Å². The van der Waals surface area contributed by atoms with Gasteiger partial charge in [0.25, 0.3) is 5.69 Å². The van der Waals surface area contributed by atoms with Gasteiger partial charge in [0, 0.05) is 29.7 Å². The van der Waals surface area contributed by atoms with Crippen LogP contribution in [-0.4, -0.2) is 15.6 Å². The first-order valence-corrected chi connectivity index (χ1v) is 9.22. The average Bonchev–Trinajstić information content (AvgIpc) is 3.20. The molecule has 2 unspecified atom stereocenters. The maximum atomic E-state index is 13.4. The quantitative estimate of drug-likeness (QED) is 0.468. The minimum atomic E-state index is -0.546. The molecule has 0 aliphatic carbocycles. The van der Waals surface area contributed by atoms with Gasteiger partial charge in [-0.05, 0) is 23.8 Å². The van der Waals surface area contributed by atoms with Crippen LogP contribution in [0.15, 0.2) is 77.9 Å². The number of nitro benzene ring substituents is 1.